The molecule has 0 radical (unpaired) electrons. The van der Waals surface area contributed by atoms with Gasteiger partial charge in [0, 0.05) is 6.04 Å². The summed E-state index contributed by atoms with van der Waals surface area (Å²) in [6.07, 6.45) is 26.2. The highest BCUT2D eigenvalue weighted by Gasteiger charge is 2.10. The second-order valence-electron chi connectivity index (χ2n) is 7.53. The lowest BCUT2D eigenvalue weighted by molar-refractivity contribution is 0.448. The van der Waals surface area contributed by atoms with Gasteiger partial charge in [-0.25, -0.2) is 0 Å². The quantitative estimate of drug-likeness (QED) is 0.341. The molecular formula is C21H43N. The summed E-state index contributed by atoms with van der Waals surface area (Å²) in [5, 5.41) is 3.72. The predicted molar refractivity (Wildman–Crippen MR) is 101 cm³/mol. The molecule has 0 aromatic rings. The Bertz CT molecular complexity index is 206. The molecule has 22 heavy (non-hydrogen) atoms. The third-order valence-electron chi connectivity index (χ3n) is 5.32. The number of unbranched alkanes of at least 4 members (excludes halogenated alkanes) is 12. The van der Waals surface area contributed by atoms with Crippen molar-refractivity contribution in [2.24, 2.45) is 0 Å². The van der Waals surface area contributed by atoms with Gasteiger partial charge in [0.15, 0.2) is 0 Å². The SMILES string of the molecule is CCCCCCCCCCCCCCCC1CCCCCN1. The van der Waals surface area contributed by atoms with Crippen molar-refractivity contribution in [2.75, 3.05) is 6.54 Å². The molecule has 0 saturated carbocycles. The van der Waals surface area contributed by atoms with Crippen LogP contribution in [0, 0.1) is 0 Å². The molecule has 0 aliphatic carbocycles. The summed E-state index contributed by atoms with van der Waals surface area (Å²) < 4.78 is 0. The van der Waals surface area contributed by atoms with Crippen LogP contribution in [-0.2, 0) is 0 Å². The van der Waals surface area contributed by atoms with E-state index >= 15 is 0 Å². The first-order valence-corrected chi connectivity index (χ1v) is 10.7. The van der Waals surface area contributed by atoms with Crippen LogP contribution in [0.1, 0.15) is 122 Å². The Balaban J connectivity index is 1.72. The average molecular weight is 310 g/mol. The summed E-state index contributed by atoms with van der Waals surface area (Å²) in [4.78, 5) is 0. The highest BCUT2D eigenvalue weighted by Crippen LogP contribution is 2.16. The van der Waals surface area contributed by atoms with Gasteiger partial charge >= 0.3 is 0 Å². The molecule has 0 aromatic heterocycles. The van der Waals surface area contributed by atoms with Crippen molar-refractivity contribution in [3.05, 3.63) is 0 Å². The van der Waals surface area contributed by atoms with Crippen LogP contribution in [0.3, 0.4) is 0 Å². The normalized spacial score (nSPS) is 19.2. The van der Waals surface area contributed by atoms with Crippen LogP contribution in [0.15, 0.2) is 0 Å². The standard InChI is InChI=1S/C21H43N/c1-2-3-4-5-6-7-8-9-10-11-12-13-15-18-21-19-16-14-17-20-22-21/h21-22H,2-20H2,1H3. The van der Waals surface area contributed by atoms with E-state index in [1.54, 1.807) is 0 Å². The Kier molecular flexibility index (Phi) is 14.4. The zero-order valence-electron chi connectivity index (χ0n) is 15.5. The van der Waals surface area contributed by atoms with E-state index in [4.69, 9.17) is 0 Å². The zero-order chi connectivity index (χ0) is 15.7. The van der Waals surface area contributed by atoms with Gasteiger partial charge in [-0.15, -0.1) is 0 Å². The Morgan fingerprint density at radius 2 is 1.18 bits per heavy atom. The maximum absolute atomic E-state index is 3.72. The fourth-order valence-corrected chi connectivity index (χ4v) is 3.76. The van der Waals surface area contributed by atoms with Gasteiger partial charge in [-0.1, -0.05) is 103 Å². The lowest BCUT2D eigenvalue weighted by atomic mass is 10.0. The molecule has 1 rings (SSSR count). The van der Waals surface area contributed by atoms with Gasteiger partial charge in [0.05, 0.1) is 0 Å². The van der Waals surface area contributed by atoms with Gasteiger partial charge in [-0.2, -0.15) is 0 Å². The summed E-state index contributed by atoms with van der Waals surface area (Å²) >= 11 is 0. The minimum Gasteiger partial charge on any atom is -0.314 e. The van der Waals surface area contributed by atoms with Crippen molar-refractivity contribution in [2.45, 2.75) is 129 Å². The van der Waals surface area contributed by atoms with Crippen molar-refractivity contribution in [3.63, 3.8) is 0 Å². The highest BCUT2D eigenvalue weighted by atomic mass is 14.9. The monoisotopic (exact) mass is 309 g/mol. The predicted octanol–water partition coefficient (Wildman–Crippen LogP) is 7.00. The van der Waals surface area contributed by atoms with Crippen molar-refractivity contribution in [1.29, 1.82) is 0 Å². The molecule has 1 nitrogen and oxygen atoms in total. The Hall–Kier alpha value is -0.0400. The molecule has 1 heteroatoms. The van der Waals surface area contributed by atoms with Crippen molar-refractivity contribution >= 4 is 0 Å². The van der Waals surface area contributed by atoms with Crippen LogP contribution in [0.5, 0.6) is 0 Å². The van der Waals surface area contributed by atoms with Crippen molar-refractivity contribution < 1.29 is 0 Å². The fourth-order valence-electron chi connectivity index (χ4n) is 3.76. The van der Waals surface area contributed by atoms with E-state index in [-0.39, 0.29) is 0 Å². The Labute approximate surface area is 141 Å². The van der Waals surface area contributed by atoms with Crippen LogP contribution in [0.25, 0.3) is 0 Å². The summed E-state index contributed by atoms with van der Waals surface area (Å²) in [7, 11) is 0. The number of hydrogen-bond acceptors (Lipinski definition) is 1. The first kappa shape index (κ1) is 20.0. The van der Waals surface area contributed by atoms with Gasteiger partial charge in [0.2, 0.25) is 0 Å². The Morgan fingerprint density at radius 1 is 0.636 bits per heavy atom. The van der Waals surface area contributed by atoms with E-state index in [0.29, 0.717) is 0 Å². The molecule has 1 atom stereocenters. The van der Waals surface area contributed by atoms with E-state index in [9.17, 15) is 0 Å². The van der Waals surface area contributed by atoms with Gasteiger partial charge in [-0.05, 0) is 25.8 Å². The van der Waals surface area contributed by atoms with Gasteiger partial charge < -0.3 is 5.32 Å². The van der Waals surface area contributed by atoms with Crippen molar-refractivity contribution in [1.82, 2.24) is 5.32 Å². The van der Waals surface area contributed by atoms with E-state index in [0.717, 1.165) is 6.04 Å². The van der Waals surface area contributed by atoms with Crippen LogP contribution < -0.4 is 5.32 Å². The molecule has 132 valence electrons. The fraction of sp³-hybridized carbons (Fsp3) is 1.00. The maximum atomic E-state index is 3.72. The second kappa shape index (κ2) is 15.8. The molecule has 1 aliphatic rings. The number of rotatable bonds is 14. The van der Waals surface area contributed by atoms with E-state index < -0.39 is 0 Å². The molecule has 1 heterocycles. The average Bonchev–Trinajstić information content (AvgIpc) is 2.80. The van der Waals surface area contributed by atoms with E-state index in [2.05, 4.69) is 12.2 Å². The van der Waals surface area contributed by atoms with Crippen LogP contribution >= 0.6 is 0 Å². The van der Waals surface area contributed by atoms with Crippen LogP contribution in [0.2, 0.25) is 0 Å². The third-order valence-corrected chi connectivity index (χ3v) is 5.32. The first-order valence-electron chi connectivity index (χ1n) is 10.7. The lowest BCUT2D eigenvalue weighted by Gasteiger charge is -2.15. The molecular weight excluding hydrogens is 266 g/mol. The van der Waals surface area contributed by atoms with Gasteiger partial charge in [-0.3, -0.25) is 0 Å². The second-order valence-corrected chi connectivity index (χ2v) is 7.53. The van der Waals surface area contributed by atoms with E-state index in [1.165, 1.54) is 122 Å². The first-order chi connectivity index (χ1) is 10.9. The molecule has 1 N–H and O–H groups in total. The summed E-state index contributed by atoms with van der Waals surface area (Å²) in [5.74, 6) is 0. The summed E-state index contributed by atoms with van der Waals surface area (Å²) in [6.45, 7) is 3.57. The highest BCUT2D eigenvalue weighted by molar-refractivity contribution is 4.70. The molecule has 1 saturated heterocycles. The van der Waals surface area contributed by atoms with Crippen LogP contribution in [0.4, 0.5) is 0 Å². The number of hydrogen-bond donors (Lipinski definition) is 1. The molecule has 1 unspecified atom stereocenters. The molecule has 0 spiro atoms. The largest absolute Gasteiger partial charge is 0.314 e. The summed E-state index contributed by atoms with van der Waals surface area (Å²) in [6, 6.07) is 0.843. The zero-order valence-corrected chi connectivity index (χ0v) is 15.5. The maximum Gasteiger partial charge on any atom is 0.00670 e. The van der Waals surface area contributed by atoms with Gasteiger partial charge in [0.1, 0.15) is 0 Å². The molecule has 0 amide bonds. The minimum absolute atomic E-state index is 0.843. The van der Waals surface area contributed by atoms with Crippen molar-refractivity contribution in [3.8, 4) is 0 Å². The summed E-state index contributed by atoms with van der Waals surface area (Å²) in [5.41, 5.74) is 0. The minimum atomic E-state index is 0.843. The van der Waals surface area contributed by atoms with Crippen LogP contribution in [-0.4, -0.2) is 12.6 Å². The molecule has 1 fully saturated rings. The molecule has 0 aromatic carbocycles. The smallest absolute Gasteiger partial charge is 0.00670 e. The molecule has 1 aliphatic heterocycles. The Morgan fingerprint density at radius 3 is 1.77 bits per heavy atom. The lowest BCUT2D eigenvalue weighted by Crippen LogP contribution is -2.27. The van der Waals surface area contributed by atoms with Gasteiger partial charge in [0.25, 0.3) is 0 Å². The molecule has 0 bridgehead atoms. The van der Waals surface area contributed by atoms with E-state index in [1.807, 2.05) is 0 Å². The third kappa shape index (κ3) is 12.5. The number of nitrogens with one attached hydrogen (secondary N) is 1. The topological polar surface area (TPSA) is 12.0 Å².